The van der Waals surface area contributed by atoms with Crippen LogP contribution in [0.5, 0.6) is 0 Å². The number of hydrogen-bond donors (Lipinski definition) is 4. The van der Waals surface area contributed by atoms with Crippen molar-refractivity contribution >= 4 is 29.7 Å². The van der Waals surface area contributed by atoms with Crippen LogP contribution in [0.15, 0.2) is 0 Å². The summed E-state index contributed by atoms with van der Waals surface area (Å²) in [5, 5.41) is 15.7. The largest absolute Gasteiger partial charge is 0.480 e. The molecule has 0 aromatic heterocycles. The second kappa shape index (κ2) is 7.98. The topological polar surface area (TPSA) is 108 Å². The smallest absolute Gasteiger partial charge is 0.322 e. The molecular formula is C12H21N3O4S. The van der Waals surface area contributed by atoms with Crippen LogP contribution in [0.4, 0.5) is 4.79 Å². The lowest BCUT2D eigenvalue weighted by molar-refractivity contribution is -0.137. The first kappa shape index (κ1) is 16.6. The zero-order valence-corrected chi connectivity index (χ0v) is 12.3. The zero-order chi connectivity index (χ0) is 15.0. The van der Waals surface area contributed by atoms with E-state index in [1.54, 1.807) is 11.8 Å². The molecule has 3 amide bonds. The molecule has 0 aromatic carbocycles. The number of carbonyl (C=O) groups excluding carboxylic acids is 2. The third kappa shape index (κ3) is 5.68. The lowest BCUT2D eigenvalue weighted by atomic mass is 10.1. The molecule has 1 aliphatic carbocycles. The predicted octanol–water partition coefficient (Wildman–Crippen LogP) is 0.162. The maximum absolute atomic E-state index is 11.6. The number of urea groups is 1. The van der Waals surface area contributed by atoms with E-state index in [1.165, 1.54) is 12.8 Å². The van der Waals surface area contributed by atoms with Crippen LogP contribution < -0.4 is 16.0 Å². The molecule has 0 atom stereocenters. The molecule has 1 fully saturated rings. The van der Waals surface area contributed by atoms with Gasteiger partial charge in [0.1, 0.15) is 6.54 Å². The summed E-state index contributed by atoms with van der Waals surface area (Å²) >= 11 is 1.77. The third-order valence-corrected chi connectivity index (χ3v) is 4.78. The SMILES string of the molecule is CSC1(CNC(=O)NCC(=O)NCC(=O)O)CCCC1. The number of aliphatic carboxylic acids is 1. The van der Waals surface area contributed by atoms with Gasteiger partial charge in [0.05, 0.1) is 6.54 Å². The first-order valence-corrected chi connectivity index (χ1v) is 7.75. The first-order chi connectivity index (χ1) is 9.47. The van der Waals surface area contributed by atoms with E-state index < -0.39 is 24.5 Å². The van der Waals surface area contributed by atoms with Gasteiger partial charge in [0.25, 0.3) is 0 Å². The minimum Gasteiger partial charge on any atom is -0.480 e. The second-order valence-electron chi connectivity index (χ2n) is 4.80. The number of amides is 3. The highest BCUT2D eigenvalue weighted by atomic mass is 32.2. The van der Waals surface area contributed by atoms with Crippen molar-refractivity contribution in [2.75, 3.05) is 25.9 Å². The van der Waals surface area contributed by atoms with Gasteiger partial charge in [-0.15, -0.1) is 0 Å². The van der Waals surface area contributed by atoms with E-state index >= 15 is 0 Å². The van der Waals surface area contributed by atoms with Crippen LogP contribution in [0.1, 0.15) is 25.7 Å². The quantitative estimate of drug-likeness (QED) is 0.536. The van der Waals surface area contributed by atoms with Crippen LogP contribution in [-0.4, -0.2) is 53.7 Å². The van der Waals surface area contributed by atoms with Crippen molar-refractivity contribution in [2.24, 2.45) is 0 Å². The van der Waals surface area contributed by atoms with Crippen LogP contribution in [0.25, 0.3) is 0 Å². The molecule has 20 heavy (non-hydrogen) atoms. The zero-order valence-electron chi connectivity index (χ0n) is 11.5. The van der Waals surface area contributed by atoms with Crippen LogP contribution in [0.2, 0.25) is 0 Å². The summed E-state index contributed by atoms with van der Waals surface area (Å²) in [6.07, 6.45) is 6.59. The molecule has 4 N–H and O–H groups in total. The van der Waals surface area contributed by atoms with Crippen molar-refractivity contribution in [3.63, 3.8) is 0 Å². The highest BCUT2D eigenvalue weighted by Crippen LogP contribution is 2.39. The summed E-state index contributed by atoms with van der Waals surface area (Å²) < 4.78 is 0.114. The number of rotatable bonds is 7. The normalized spacial score (nSPS) is 16.4. The molecule has 0 heterocycles. The maximum Gasteiger partial charge on any atom is 0.322 e. The molecule has 0 unspecified atom stereocenters. The van der Waals surface area contributed by atoms with Gasteiger partial charge in [-0.2, -0.15) is 11.8 Å². The van der Waals surface area contributed by atoms with Crippen LogP contribution in [-0.2, 0) is 9.59 Å². The van der Waals surface area contributed by atoms with Crippen molar-refractivity contribution in [3.8, 4) is 0 Å². The third-order valence-electron chi connectivity index (χ3n) is 3.37. The monoisotopic (exact) mass is 303 g/mol. The van der Waals surface area contributed by atoms with Crippen LogP contribution in [0, 0.1) is 0 Å². The average molecular weight is 303 g/mol. The van der Waals surface area contributed by atoms with E-state index in [1.807, 2.05) is 6.26 Å². The van der Waals surface area contributed by atoms with Crippen molar-refractivity contribution < 1.29 is 19.5 Å². The van der Waals surface area contributed by atoms with E-state index in [2.05, 4.69) is 16.0 Å². The molecule has 0 radical (unpaired) electrons. The van der Waals surface area contributed by atoms with Gasteiger partial charge in [0.2, 0.25) is 5.91 Å². The lowest BCUT2D eigenvalue weighted by Crippen LogP contribution is -2.46. The van der Waals surface area contributed by atoms with Crippen LogP contribution in [0.3, 0.4) is 0 Å². The fourth-order valence-electron chi connectivity index (χ4n) is 2.17. The Hall–Kier alpha value is -1.44. The summed E-state index contributed by atoms with van der Waals surface area (Å²) in [4.78, 5) is 33.0. The minimum atomic E-state index is -1.12. The molecular weight excluding hydrogens is 282 g/mol. The fraction of sp³-hybridized carbons (Fsp3) is 0.750. The van der Waals surface area contributed by atoms with Crippen molar-refractivity contribution in [1.29, 1.82) is 0 Å². The molecule has 0 saturated heterocycles. The molecule has 8 heteroatoms. The average Bonchev–Trinajstić information content (AvgIpc) is 2.90. The van der Waals surface area contributed by atoms with E-state index in [0.717, 1.165) is 12.8 Å². The maximum atomic E-state index is 11.6. The highest BCUT2D eigenvalue weighted by Gasteiger charge is 2.33. The highest BCUT2D eigenvalue weighted by molar-refractivity contribution is 8.00. The summed E-state index contributed by atoms with van der Waals surface area (Å²) in [6.45, 7) is -0.0974. The van der Waals surface area contributed by atoms with Gasteiger partial charge in [0, 0.05) is 11.3 Å². The van der Waals surface area contributed by atoms with Crippen molar-refractivity contribution in [2.45, 2.75) is 30.4 Å². The molecule has 114 valence electrons. The van der Waals surface area contributed by atoms with Gasteiger partial charge in [0.15, 0.2) is 0 Å². The van der Waals surface area contributed by atoms with Crippen molar-refractivity contribution in [3.05, 3.63) is 0 Å². The molecule has 0 aliphatic heterocycles. The fourth-order valence-corrected chi connectivity index (χ4v) is 3.09. The van der Waals surface area contributed by atoms with Gasteiger partial charge in [-0.3, -0.25) is 9.59 Å². The number of carbonyl (C=O) groups is 3. The summed E-state index contributed by atoms with van der Waals surface area (Å²) in [7, 11) is 0. The van der Waals surface area contributed by atoms with Gasteiger partial charge >= 0.3 is 12.0 Å². The Morgan fingerprint density at radius 3 is 2.30 bits per heavy atom. The Balaban J connectivity index is 2.20. The Morgan fingerprint density at radius 2 is 1.75 bits per heavy atom. The number of carboxylic acids is 1. The number of carboxylic acid groups (broad SMARTS) is 1. The Morgan fingerprint density at radius 1 is 1.10 bits per heavy atom. The number of nitrogens with one attached hydrogen (secondary N) is 3. The lowest BCUT2D eigenvalue weighted by Gasteiger charge is -2.26. The van der Waals surface area contributed by atoms with E-state index in [-0.39, 0.29) is 11.3 Å². The minimum absolute atomic E-state index is 0.114. The van der Waals surface area contributed by atoms with Crippen LogP contribution >= 0.6 is 11.8 Å². The Labute approximate surface area is 122 Å². The molecule has 7 nitrogen and oxygen atoms in total. The molecule has 0 spiro atoms. The first-order valence-electron chi connectivity index (χ1n) is 6.53. The Kier molecular flexibility index (Phi) is 6.63. The standard InChI is InChI=1S/C12H21N3O4S/c1-20-12(4-2-3-5-12)8-15-11(19)14-6-9(16)13-7-10(17)18/h2-8H2,1H3,(H,13,16)(H,17,18)(H2,14,15,19). The second-order valence-corrected chi connectivity index (χ2v) is 6.08. The van der Waals surface area contributed by atoms with Gasteiger partial charge < -0.3 is 21.1 Å². The van der Waals surface area contributed by atoms with Gasteiger partial charge in [-0.1, -0.05) is 12.8 Å². The van der Waals surface area contributed by atoms with E-state index in [4.69, 9.17) is 5.11 Å². The number of thioether (sulfide) groups is 1. The van der Waals surface area contributed by atoms with Gasteiger partial charge in [-0.25, -0.2) is 4.79 Å². The molecule has 0 aromatic rings. The van der Waals surface area contributed by atoms with E-state index in [0.29, 0.717) is 6.54 Å². The Bertz CT molecular complexity index is 370. The summed E-state index contributed by atoms with van der Waals surface area (Å²) in [6, 6.07) is -0.407. The van der Waals surface area contributed by atoms with Crippen molar-refractivity contribution in [1.82, 2.24) is 16.0 Å². The van der Waals surface area contributed by atoms with E-state index in [9.17, 15) is 14.4 Å². The summed E-state index contributed by atoms with van der Waals surface area (Å²) in [5.41, 5.74) is 0. The molecule has 1 aliphatic rings. The summed E-state index contributed by atoms with van der Waals surface area (Å²) in [5.74, 6) is -1.64. The number of hydrogen-bond acceptors (Lipinski definition) is 4. The molecule has 1 rings (SSSR count). The molecule has 0 bridgehead atoms. The molecule has 1 saturated carbocycles. The predicted molar refractivity (Wildman–Crippen MR) is 76.8 cm³/mol. The van der Waals surface area contributed by atoms with Gasteiger partial charge in [-0.05, 0) is 19.1 Å².